The molecular formula is C19H23F2NO. The lowest BCUT2D eigenvalue weighted by Crippen LogP contribution is -2.19. The second-order valence-corrected chi connectivity index (χ2v) is 6.74. The van der Waals surface area contributed by atoms with Crippen molar-refractivity contribution >= 4 is 11.6 Å². The van der Waals surface area contributed by atoms with Crippen LogP contribution >= 0.6 is 0 Å². The lowest BCUT2D eigenvalue weighted by Gasteiger charge is -2.19. The number of hydrogen-bond donors (Lipinski definition) is 1. The summed E-state index contributed by atoms with van der Waals surface area (Å²) in [5.74, 6) is -0.230. The van der Waals surface area contributed by atoms with Gasteiger partial charge < -0.3 is 5.32 Å². The zero-order chi connectivity index (χ0) is 17.4. The number of benzene rings is 1. The maximum Gasteiger partial charge on any atom is 0.264 e. The maximum absolute atomic E-state index is 12.8. The van der Waals surface area contributed by atoms with E-state index in [2.05, 4.69) is 38.7 Å². The first-order valence-electron chi connectivity index (χ1n) is 7.77. The average Bonchev–Trinajstić information content (AvgIpc) is 2.70. The minimum absolute atomic E-state index is 0.0471. The smallest absolute Gasteiger partial charge is 0.264 e. The molecule has 2 rings (SSSR count). The summed E-state index contributed by atoms with van der Waals surface area (Å²) >= 11 is 0. The predicted molar refractivity (Wildman–Crippen MR) is 90.0 cm³/mol. The zero-order valence-corrected chi connectivity index (χ0v) is 14.0. The highest BCUT2D eigenvalue weighted by atomic mass is 19.3. The van der Waals surface area contributed by atoms with Crippen molar-refractivity contribution < 1.29 is 13.6 Å². The summed E-state index contributed by atoms with van der Waals surface area (Å²) < 4.78 is 25.7. The largest absolute Gasteiger partial charge is 0.322 e. The van der Waals surface area contributed by atoms with Gasteiger partial charge >= 0.3 is 0 Å². The van der Waals surface area contributed by atoms with Gasteiger partial charge in [0.05, 0.1) is 0 Å². The van der Waals surface area contributed by atoms with E-state index < -0.39 is 17.9 Å². The van der Waals surface area contributed by atoms with Crippen LogP contribution in [0.25, 0.3) is 0 Å². The van der Waals surface area contributed by atoms with E-state index >= 15 is 0 Å². The van der Waals surface area contributed by atoms with Gasteiger partial charge in [-0.25, -0.2) is 8.78 Å². The van der Waals surface area contributed by atoms with Gasteiger partial charge in [-0.3, -0.25) is 4.79 Å². The van der Waals surface area contributed by atoms with Crippen molar-refractivity contribution in [3.8, 4) is 0 Å². The molecule has 1 aromatic carbocycles. The van der Waals surface area contributed by atoms with Crippen molar-refractivity contribution in [2.24, 2.45) is 0 Å². The Hall–Kier alpha value is -1.97. The first kappa shape index (κ1) is 17.4. The molecule has 0 bridgehead atoms. The molecule has 0 aliphatic heterocycles. The van der Waals surface area contributed by atoms with Crippen molar-refractivity contribution in [2.75, 3.05) is 5.32 Å². The quantitative estimate of drug-likeness (QED) is 0.601. The minimum Gasteiger partial charge on any atom is -0.322 e. The number of halogens is 2. The number of carbonyl (C=O) groups is 1. The highest BCUT2D eigenvalue weighted by Crippen LogP contribution is 2.48. The molecule has 1 aromatic rings. The first-order chi connectivity index (χ1) is 10.7. The molecule has 0 aromatic heterocycles. The molecule has 0 saturated carbocycles. The molecule has 23 heavy (non-hydrogen) atoms. The van der Waals surface area contributed by atoms with E-state index in [4.69, 9.17) is 0 Å². The Kier molecular flexibility index (Phi) is 4.73. The molecule has 1 aliphatic carbocycles. The number of amides is 1. The van der Waals surface area contributed by atoms with E-state index in [-0.39, 0.29) is 11.0 Å². The van der Waals surface area contributed by atoms with Gasteiger partial charge in [0, 0.05) is 16.8 Å². The molecule has 124 valence electrons. The maximum atomic E-state index is 12.8. The van der Waals surface area contributed by atoms with Crippen LogP contribution in [0.5, 0.6) is 0 Å². The van der Waals surface area contributed by atoms with Crippen molar-refractivity contribution in [1.82, 2.24) is 0 Å². The standard InChI is InChI=1S/C19H23F2NO/c1-6-13(12(3)17(20)21)18(23)22-15-9-7-8-14-16(15)11(2)10-19(14,4)5/h6-9,11,17H,3,10H2,1-2,4-5H3,(H,22,23)/b13-6+. The molecule has 1 atom stereocenters. The normalized spacial score (nSPS) is 19.6. The summed E-state index contributed by atoms with van der Waals surface area (Å²) in [6, 6.07) is 5.79. The molecule has 1 amide bonds. The van der Waals surface area contributed by atoms with Crippen LogP contribution in [-0.2, 0) is 10.2 Å². The van der Waals surface area contributed by atoms with Gasteiger partial charge in [0.1, 0.15) is 0 Å². The lowest BCUT2D eigenvalue weighted by molar-refractivity contribution is -0.112. The van der Waals surface area contributed by atoms with E-state index in [0.29, 0.717) is 11.6 Å². The molecular weight excluding hydrogens is 296 g/mol. The van der Waals surface area contributed by atoms with E-state index in [9.17, 15) is 13.6 Å². The van der Waals surface area contributed by atoms with E-state index in [1.165, 1.54) is 11.6 Å². The Balaban J connectivity index is 2.34. The summed E-state index contributed by atoms with van der Waals surface area (Å²) in [6.07, 6.45) is -0.373. The summed E-state index contributed by atoms with van der Waals surface area (Å²) in [5, 5.41) is 2.80. The number of anilines is 1. The summed E-state index contributed by atoms with van der Waals surface area (Å²) in [4.78, 5) is 12.4. The number of fused-ring (bicyclic) bond motifs is 1. The molecule has 1 N–H and O–H groups in total. The van der Waals surface area contributed by atoms with Gasteiger partial charge in [-0.05, 0) is 41.9 Å². The highest BCUT2D eigenvalue weighted by molar-refractivity contribution is 6.07. The van der Waals surface area contributed by atoms with Gasteiger partial charge in [-0.1, -0.05) is 45.6 Å². The number of allylic oxidation sites excluding steroid dienone is 1. The van der Waals surface area contributed by atoms with Crippen LogP contribution in [-0.4, -0.2) is 12.3 Å². The fourth-order valence-electron chi connectivity index (χ4n) is 3.54. The van der Waals surface area contributed by atoms with Gasteiger partial charge in [0.15, 0.2) is 0 Å². The van der Waals surface area contributed by atoms with Gasteiger partial charge in [-0.15, -0.1) is 0 Å². The van der Waals surface area contributed by atoms with Crippen LogP contribution in [0, 0.1) is 0 Å². The van der Waals surface area contributed by atoms with Crippen LogP contribution in [0.2, 0.25) is 0 Å². The average molecular weight is 319 g/mol. The minimum atomic E-state index is -2.74. The Morgan fingerprint density at radius 3 is 2.65 bits per heavy atom. The lowest BCUT2D eigenvalue weighted by atomic mass is 9.86. The highest BCUT2D eigenvalue weighted by Gasteiger charge is 2.36. The first-order valence-corrected chi connectivity index (χ1v) is 7.77. The second kappa shape index (κ2) is 6.26. The number of rotatable bonds is 4. The van der Waals surface area contributed by atoms with Gasteiger partial charge in [0.2, 0.25) is 0 Å². The Morgan fingerprint density at radius 2 is 2.09 bits per heavy atom. The third-order valence-electron chi connectivity index (χ3n) is 4.54. The molecule has 0 spiro atoms. The molecule has 0 fully saturated rings. The number of hydrogen-bond acceptors (Lipinski definition) is 1. The van der Waals surface area contributed by atoms with Crippen molar-refractivity contribution in [3.05, 3.63) is 53.1 Å². The Morgan fingerprint density at radius 1 is 1.43 bits per heavy atom. The second-order valence-electron chi connectivity index (χ2n) is 6.74. The van der Waals surface area contributed by atoms with E-state index in [1.54, 1.807) is 6.92 Å². The fraction of sp³-hybridized carbons (Fsp3) is 0.421. The monoisotopic (exact) mass is 319 g/mol. The number of carbonyl (C=O) groups excluding carboxylic acids is 1. The van der Waals surface area contributed by atoms with Crippen LogP contribution in [0.15, 0.2) is 42.0 Å². The SMILES string of the molecule is C=C(/C(=C\C)C(=O)Nc1cccc2c1C(C)CC2(C)C)C(F)F. The molecule has 0 heterocycles. The molecule has 0 radical (unpaired) electrons. The third-order valence-corrected chi connectivity index (χ3v) is 4.54. The van der Waals surface area contributed by atoms with Crippen LogP contribution in [0.4, 0.5) is 14.5 Å². The predicted octanol–water partition coefficient (Wildman–Crippen LogP) is 5.18. The Labute approximate surface area is 136 Å². The number of nitrogens with one attached hydrogen (secondary N) is 1. The number of alkyl halides is 2. The Bertz CT molecular complexity index is 674. The molecule has 0 saturated heterocycles. The molecule has 1 aliphatic rings. The van der Waals surface area contributed by atoms with Crippen molar-refractivity contribution in [3.63, 3.8) is 0 Å². The van der Waals surface area contributed by atoms with Crippen LogP contribution in [0.1, 0.15) is 51.2 Å². The summed E-state index contributed by atoms with van der Waals surface area (Å²) in [7, 11) is 0. The van der Waals surface area contributed by atoms with E-state index in [1.807, 2.05) is 12.1 Å². The third kappa shape index (κ3) is 3.21. The van der Waals surface area contributed by atoms with Crippen molar-refractivity contribution in [2.45, 2.75) is 51.9 Å². The molecule has 4 heteroatoms. The van der Waals surface area contributed by atoms with Crippen LogP contribution < -0.4 is 5.32 Å². The fourth-order valence-corrected chi connectivity index (χ4v) is 3.54. The molecule has 1 unspecified atom stereocenters. The summed E-state index contributed by atoms with van der Waals surface area (Å²) in [6.45, 7) is 11.4. The summed E-state index contributed by atoms with van der Waals surface area (Å²) in [5.41, 5.74) is 2.54. The topological polar surface area (TPSA) is 29.1 Å². The zero-order valence-electron chi connectivity index (χ0n) is 14.0. The molecule has 2 nitrogen and oxygen atoms in total. The van der Waals surface area contributed by atoms with Gasteiger partial charge in [0.25, 0.3) is 12.3 Å². The van der Waals surface area contributed by atoms with Gasteiger partial charge in [-0.2, -0.15) is 0 Å². The van der Waals surface area contributed by atoms with E-state index in [0.717, 1.165) is 12.0 Å². The van der Waals surface area contributed by atoms with Crippen molar-refractivity contribution in [1.29, 1.82) is 0 Å². The van der Waals surface area contributed by atoms with Crippen LogP contribution in [0.3, 0.4) is 0 Å².